The minimum atomic E-state index is -1.07. The van der Waals surface area contributed by atoms with Crippen LogP contribution in [-0.2, 0) is 20.7 Å². The van der Waals surface area contributed by atoms with Gasteiger partial charge < -0.3 is 20.5 Å². The molecule has 0 aliphatic heterocycles. The summed E-state index contributed by atoms with van der Waals surface area (Å²) < 4.78 is 4.90. The maximum absolute atomic E-state index is 12.3. The Morgan fingerprint density at radius 1 is 1.36 bits per heavy atom. The third kappa shape index (κ3) is 7.72. The van der Waals surface area contributed by atoms with Crippen molar-refractivity contribution in [2.24, 2.45) is 0 Å². The van der Waals surface area contributed by atoms with Crippen LogP contribution in [0, 0.1) is 0 Å². The number of aliphatic hydroxyl groups is 1. The van der Waals surface area contributed by atoms with Crippen LogP contribution in [0.3, 0.4) is 0 Å². The molecule has 0 saturated heterocycles. The number of likely N-dealkylation sites (N-methyl/N-ethyl adjacent to an activating group) is 1. The monoisotopic (exact) mass is 366 g/mol. The van der Waals surface area contributed by atoms with Gasteiger partial charge in [-0.05, 0) is 19.0 Å². The predicted octanol–water partition coefficient (Wildman–Crippen LogP) is 0.712. The summed E-state index contributed by atoms with van der Waals surface area (Å²) in [5, 5.41) is 16.1. The van der Waals surface area contributed by atoms with Gasteiger partial charge in [-0.25, -0.2) is 0 Å². The topological polar surface area (TPSA) is 87.7 Å². The maximum atomic E-state index is 12.3. The largest absolute Gasteiger partial charge is 0.461 e. The van der Waals surface area contributed by atoms with Crippen LogP contribution < -0.4 is 10.6 Å². The quantitative estimate of drug-likeness (QED) is 0.263. The lowest BCUT2D eigenvalue weighted by atomic mass is 9.99. The van der Waals surface area contributed by atoms with E-state index in [0.29, 0.717) is 12.2 Å². The molecule has 1 amide bonds. The van der Waals surface area contributed by atoms with Crippen molar-refractivity contribution < 1.29 is 19.4 Å². The molecule has 0 unspecified atom stereocenters. The fourth-order valence-electron chi connectivity index (χ4n) is 2.26. The first-order chi connectivity index (χ1) is 12.0. The first kappa shape index (κ1) is 21.2. The lowest BCUT2D eigenvalue weighted by Crippen LogP contribution is -2.52. The standard InChI is InChI=1S/C18H26N2O4S/c1-3-9-24-17(22)11-16(21)14(10-13-7-5-4-6-8-13)20-18(23)15(12-25)19-2/h3-8,14-16,19,21,25H,1,9-12H2,2H3,(H,20,23)/t14-,15-,16+/m1/s1. The van der Waals surface area contributed by atoms with Crippen molar-refractivity contribution in [1.82, 2.24) is 10.6 Å². The average Bonchev–Trinajstić information content (AvgIpc) is 2.61. The van der Waals surface area contributed by atoms with Gasteiger partial charge in [0.25, 0.3) is 0 Å². The number of rotatable bonds is 11. The second kappa shape index (κ2) is 11.7. The molecule has 0 spiro atoms. The van der Waals surface area contributed by atoms with Gasteiger partial charge in [0, 0.05) is 5.75 Å². The first-order valence-electron chi connectivity index (χ1n) is 8.08. The van der Waals surface area contributed by atoms with E-state index in [4.69, 9.17) is 4.74 Å². The second-order valence-corrected chi connectivity index (χ2v) is 5.94. The van der Waals surface area contributed by atoms with E-state index < -0.39 is 24.2 Å². The number of ether oxygens (including phenoxy) is 1. The van der Waals surface area contributed by atoms with Crippen LogP contribution in [0.1, 0.15) is 12.0 Å². The number of thiol groups is 1. The number of carbonyl (C=O) groups is 2. The normalized spacial score (nSPS) is 14.2. The summed E-state index contributed by atoms with van der Waals surface area (Å²) in [6.07, 6.45) is 0.568. The van der Waals surface area contributed by atoms with E-state index in [-0.39, 0.29) is 18.9 Å². The Balaban J connectivity index is 2.80. The molecule has 0 radical (unpaired) electrons. The average molecular weight is 366 g/mol. The highest BCUT2D eigenvalue weighted by Crippen LogP contribution is 2.10. The van der Waals surface area contributed by atoms with Crippen molar-refractivity contribution >= 4 is 24.5 Å². The molecule has 25 heavy (non-hydrogen) atoms. The lowest BCUT2D eigenvalue weighted by molar-refractivity contribution is -0.145. The molecule has 0 saturated carbocycles. The Kier molecular flexibility index (Phi) is 9.91. The molecule has 3 atom stereocenters. The lowest BCUT2D eigenvalue weighted by Gasteiger charge is -2.26. The molecule has 1 rings (SSSR count). The van der Waals surface area contributed by atoms with Crippen LogP contribution in [0.15, 0.2) is 43.0 Å². The summed E-state index contributed by atoms with van der Waals surface area (Å²) in [5.74, 6) is -0.506. The molecule has 0 aromatic heterocycles. The van der Waals surface area contributed by atoms with Crippen molar-refractivity contribution in [2.75, 3.05) is 19.4 Å². The Bertz CT molecular complexity index is 549. The van der Waals surface area contributed by atoms with E-state index in [1.54, 1.807) is 7.05 Å². The van der Waals surface area contributed by atoms with E-state index >= 15 is 0 Å². The van der Waals surface area contributed by atoms with E-state index in [1.807, 2.05) is 30.3 Å². The third-order valence-electron chi connectivity index (χ3n) is 3.68. The zero-order valence-electron chi connectivity index (χ0n) is 14.4. The number of hydrogen-bond donors (Lipinski definition) is 4. The van der Waals surface area contributed by atoms with Crippen LogP contribution in [0.4, 0.5) is 0 Å². The minimum absolute atomic E-state index is 0.0861. The molecule has 0 bridgehead atoms. The van der Waals surface area contributed by atoms with Crippen molar-refractivity contribution in [2.45, 2.75) is 31.0 Å². The predicted molar refractivity (Wildman–Crippen MR) is 101 cm³/mol. The molecule has 3 N–H and O–H groups in total. The number of amides is 1. The zero-order chi connectivity index (χ0) is 18.7. The number of esters is 1. The summed E-state index contributed by atoms with van der Waals surface area (Å²) in [5.41, 5.74) is 0.943. The summed E-state index contributed by atoms with van der Waals surface area (Å²) in [6, 6.07) is 8.33. The summed E-state index contributed by atoms with van der Waals surface area (Å²) in [4.78, 5) is 24.0. The van der Waals surface area contributed by atoms with Crippen molar-refractivity contribution in [3.05, 3.63) is 48.6 Å². The first-order valence-corrected chi connectivity index (χ1v) is 8.72. The molecule has 0 aliphatic rings. The van der Waals surface area contributed by atoms with Gasteiger partial charge in [-0.15, -0.1) is 0 Å². The van der Waals surface area contributed by atoms with Crippen molar-refractivity contribution in [3.63, 3.8) is 0 Å². The highest BCUT2D eigenvalue weighted by molar-refractivity contribution is 7.80. The smallest absolute Gasteiger partial charge is 0.308 e. The highest BCUT2D eigenvalue weighted by atomic mass is 32.1. The molecule has 0 aliphatic carbocycles. The summed E-state index contributed by atoms with van der Waals surface area (Å²) >= 11 is 4.13. The molecule has 138 valence electrons. The van der Waals surface area contributed by atoms with Gasteiger partial charge in [0.1, 0.15) is 6.61 Å². The minimum Gasteiger partial charge on any atom is -0.461 e. The number of aliphatic hydroxyl groups excluding tert-OH is 1. The molecular weight excluding hydrogens is 340 g/mol. The third-order valence-corrected chi connectivity index (χ3v) is 4.04. The van der Waals surface area contributed by atoms with E-state index in [0.717, 1.165) is 5.56 Å². The van der Waals surface area contributed by atoms with Crippen LogP contribution in [-0.4, -0.2) is 54.6 Å². The van der Waals surface area contributed by atoms with Crippen LogP contribution in [0.25, 0.3) is 0 Å². The maximum Gasteiger partial charge on any atom is 0.308 e. The Hall–Kier alpha value is -1.83. The van der Waals surface area contributed by atoms with Gasteiger partial charge >= 0.3 is 5.97 Å². The molecule has 0 fully saturated rings. The SMILES string of the molecule is C=CCOC(=O)C[C@H](O)[C@@H](Cc1ccccc1)NC(=O)[C@@H](CS)NC. The number of benzene rings is 1. The zero-order valence-corrected chi connectivity index (χ0v) is 15.2. The molecule has 6 nitrogen and oxygen atoms in total. The highest BCUT2D eigenvalue weighted by Gasteiger charge is 2.27. The van der Waals surface area contributed by atoms with Gasteiger partial charge in [0.15, 0.2) is 0 Å². The molecule has 0 heterocycles. The van der Waals surface area contributed by atoms with Crippen LogP contribution >= 0.6 is 12.6 Å². The van der Waals surface area contributed by atoms with E-state index in [2.05, 4.69) is 29.8 Å². The number of carbonyl (C=O) groups excluding carboxylic acids is 2. The van der Waals surface area contributed by atoms with Gasteiger partial charge in [0.2, 0.25) is 5.91 Å². The second-order valence-electron chi connectivity index (χ2n) is 5.57. The Morgan fingerprint density at radius 2 is 2.04 bits per heavy atom. The fourth-order valence-corrected chi connectivity index (χ4v) is 2.61. The van der Waals surface area contributed by atoms with Gasteiger partial charge in [-0.2, -0.15) is 12.6 Å². The fraction of sp³-hybridized carbons (Fsp3) is 0.444. The number of hydrogen-bond acceptors (Lipinski definition) is 6. The molecule has 1 aromatic carbocycles. The summed E-state index contributed by atoms with van der Waals surface area (Å²) in [6.45, 7) is 3.56. The molecule has 1 aromatic rings. The van der Waals surface area contributed by atoms with Crippen molar-refractivity contribution in [1.29, 1.82) is 0 Å². The Labute approximate surface area is 154 Å². The van der Waals surface area contributed by atoms with Gasteiger partial charge in [-0.1, -0.05) is 43.0 Å². The van der Waals surface area contributed by atoms with Crippen LogP contribution in [0.5, 0.6) is 0 Å². The van der Waals surface area contributed by atoms with Gasteiger partial charge in [0.05, 0.1) is 24.6 Å². The van der Waals surface area contributed by atoms with E-state index in [9.17, 15) is 14.7 Å². The van der Waals surface area contributed by atoms with Crippen LogP contribution in [0.2, 0.25) is 0 Å². The molecule has 7 heteroatoms. The van der Waals surface area contributed by atoms with E-state index in [1.165, 1.54) is 6.08 Å². The van der Waals surface area contributed by atoms with Gasteiger partial charge in [-0.3, -0.25) is 9.59 Å². The van der Waals surface area contributed by atoms with Crippen molar-refractivity contribution in [3.8, 4) is 0 Å². The summed E-state index contributed by atoms with van der Waals surface area (Å²) in [7, 11) is 1.66. The Morgan fingerprint density at radius 3 is 2.60 bits per heavy atom. The molecular formula is C18H26N2O4S. The number of nitrogens with one attached hydrogen (secondary N) is 2.